The molecule has 1 aromatic heterocycles. The fraction of sp³-hybridized carbons (Fsp3) is 0.333. The summed E-state index contributed by atoms with van der Waals surface area (Å²) in [7, 11) is 0. The number of nitrogens with zero attached hydrogens (tertiary/aromatic N) is 1. The highest BCUT2D eigenvalue weighted by atomic mass is 16.2. The molecule has 0 saturated carbocycles. The van der Waals surface area contributed by atoms with E-state index in [4.69, 9.17) is 5.84 Å². The smallest absolute Gasteiger partial charge is 0.233 e. The highest BCUT2D eigenvalue weighted by Crippen LogP contribution is 2.11. The van der Waals surface area contributed by atoms with Crippen molar-refractivity contribution in [1.29, 1.82) is 0 Å². The molecule has 5 nitrogen and oxygen atoms in total. The summed E-state index contributed by atoms with van der Waals surface area (Å²) < 4.78 is 2.08. The largest absolute Gasteiger partial charge is 0.347 e. The molecule has 0 unspecified atom stereocenters. The summed E-state index contributed by atoms with van der Waals surface area (Å²) >= 11 is 0. The van der Waals surface area contributed by atoms with Crippen LogP contribution in [0.2, 0.25) is 0 Å². The zero-order chi connectivity index (χ0) is 14.4. The van der Waals surface area contributed by atoms with E-state index in [0.29, 0.717) is 6.42 Å². The van der Waals surface area contributed by atoms with Crippen LogP contribution in [0.25, 0.3) is 10.9 Å². The number of aryl methyl sites for hydroxylation is 1. The molecule has 0 aliphatic heterocycles. The second-order valence-electron chi connectivity index (χ2n) is 4.77. The van der Waals surface area contributed by atoms with Gasteiger partial charge in [0, 0.05) is 30.6 Å². The van der Waals surface area contributed by atoms with Crippen LogP contribution in [0.3, 0.4) is 0 Å². The lowest BCUT2D eigenvalue weighted by atomic mass is 10.1. The molecule has 20 heavy (non-hydrogen) atoms. The zero-order valence-corrected chi connectivity index (χ0v) is 11.3. The first kappa shape index (κ1) is 14.3. The van der Waals surface area contributed by atoms with Gasteiger partial charge in [-0.3, -0.25) is 15.0 Å². The van der Waals surface area contributed by atoms with Crippen molar-refractivity contribution in [1.82, 2.24) is 9.99 Å². The number of aromatic nitrogens is 1. The van der Waals surface area contributed by atoms with Gasteiger partial charge in [-0.25, -0.2) is 5.84 Å². The van der Waals surface area contributed by atoms with Gasteiger partial charge in [-0.05, 0) is 25.0 Å². The van der Waals surface area contributed by atoms with E-state index in [0.717, 1.165) is 36.7 Å². The van der Waals surface area contributed by atoms with Crippen LogP contribution < -0.4 is 16.7 Å². The van der Waals surface area contributed by atoms with Gasteiger partial charge in [0.15, 0.2) is 5.43 Å². The van der Waals surface area contributed by atoms with Crippen molar-refractivity contribution in [3.05, 3.63) is 46.8 Å². The third-order valence-electron chi connectivity index (χ3n) is 3.35. The fourth-order valence-corrected chi connectivity index (χ4v) is 2.27. The number of rotatable bonds is 6. The number of hydrogen-bond acceptors (Lipinski definition) is 3. The van der Waals surface area contributed by atoms with Crippen molar-refractivity contribution >= 4 is 16.8 Å². The first-order valence-electron chi connectivity index (χ1n) is 6.80. The second-order valence-corrected chi connectivity index (χ2v) is 4.77. The van der Waals surface area contributed by atoms with Crippen molar-refractivity contribution in [2.45, 2.75) is 32.2 Å². The van der Waals surface area contributed by atoms with Crippen LogP contribution >= 0.6 is 0 Å². The average molecular weight is 273 g/mol. The molecule has 2 rings (SSSR count). The van der Waals surface area contributed by atoms with Gasteiger partial charge >= 0.3 is 0 Å². The van der Waals surface area contributed by atoms with E-state index in [2.05, 4.69) is 9.99 Å². The molecule has 1 heterocycles. The van der Waals surface area contributed by atoms with Gasteiger partial charge in [0.05, 0.1) is 5.52 Å². The van der Waals surface area contributed by atoms with Gasteiger partial charge in [-0.2, -0.15) is 0 Å². The molecule has 0 bridgehead atoms. The van der Waals surface area contributed by atoms with E-state index in [1.54, 1.807) is 6.07 Å². The molecular formula is C15H19N3O2. The first-order chi connectivity index (χ1) is 9.72. The third kappa shape index (κ3) is 3.45. The lowest BCUT2D eigenvalue weighted by Gasteiger charge is -2.10. The van der Waals surface area contributed by atoms with Gasteiger partial charge in [0.1, 0.15) is 0 Å². The number of carbonyl (C=O) groups excluding carboxylic acids is 1. The van der Waals surface area contributed by atoms with Gasteiger partial charge < -0.3 is 4.57 Å². The molecule has 0 saturated heterocycles. The van der Waals surface area contributed by atoms with Crippen molar-refractivity contribution < 1.29 is 4.79 Å². The van der Waals surface area contributed by atoms with Crippen molar-refractivity contribution in [3.8, 4) is 0 Å². The Hall–Kier alpha value is -2.14. The molecule has 2 aromatic rings. The molecule has 0 atom stereocenters. The molecule has 3 N–H and O–H groups in total. The summed E-state index contributed by atoms with van der Waals surface area (Å²) in [6.45, 7) is 0.838. The number of benzene rings is 1. The predicted octanol–water partition coefficient (Wildman–Crippen LogP) is 1.55. The Morgan fingerprint density at radius 3 is 2.75 bits per heavy atom. The molecule has 106 valence electrons. The van der Waals surface area contributed by atoms with Gasteiger partial charge in [0.25, 0.3) is 0 Å². The highest BCUT2D eigenvalue weighted by Gasteiger charge is 2.02. The van der Waals surface area contributed by atoms with E-state index >= 15 is 0 Å². The number of hydrogen-bond donors (Lipinski definition) is 2. The van der Waals surface area contributed by atoms with Crippen molar-refractivity contribution in [3.63, 3.8) is 0 Å². The summed E-state index contributed by atoms with van der Waals surface area (Å²) in [6, 6.07) is 9.21. The fourth-order valence-electron chi connectivity index (χ4n) is 2.27. The normalized spacial score (nSPS) is 10.7. The van der Waals surface area contributed by atoms with Crippen LogP contribution in [0, 0.1) is 0 Å². The summed E-state index contributed by atoms with van der Waals surface area (Å²) in [5.41, 5.74) is 3.14. The molecular weight excluding hydrogens is 254 g/mol. The standard InChI is InChI=1S/C15H19N3O2/c16-17-15(20)8-2-1-5-10-18-11-9-14(19)12-6-3-4-7-13(12)18/h3-4,6-7,9,11H,1-2,5,8,10,16H2,(H,17,20). The van der Waals surface area contributed by atoms with E-state index in [1.807, 2.05) is 30.5 Å². The summed E-state index contributed by atoms with van der Waals surface area (Å²) in [5, 5.41) is 0.748. The van der Waals surface area contributed by atoms with Gasteiger partial charge in [0.2, 0.25) is 5.91 Å². The van der Waals surface area contributed by atoms with E-state index in [9.17, 15) is 9.59 Å². The Kier molecular flexibility index (Phi) is 4.90. The molecule has 0 fully saturated rings. The number of pyridine rings is 1. The maximum Gasteiger partial charge on any atom is 0.233 e. The Morgan fingerprint density at radius 1 is 1.15 bits per heavy atom. The summed E-state index contributed by atoms with van der Waals surface area (Å²) in [4.78, 5) is 22.7. The number of amides is 1. The number of fused-ring (bicyclic) bond motifs is 1. The number of nitrogens with one attached hydrogen (secondary N) is 1. The number of hydrazine groups is 1. The number of unbranched alkanes of at least 4 members (excludes halogenated alkanes) is 2. The van der Waals surface area contributed by atoms with Crippen molar-refractivity contribution in [2.24, 2.45) is 5.84 Å². The summed E-state index contributed by atoms with van der Waals surface area (Å²) in [5.74, 6) is 4.89. The van der Waals surface area contributed by atoms with Crippen LogP contribution in [0.5, 0.6) is 0 Å². The lowest BCUT2D eigenvalue weighted by Crippen LogP contribution is -2.29. The molecule has 1 amide bonds. The van der Waals surface area contributed by atoms with Crippen LogP contribution in [-0.4, -0.2) is 10.5 Å². The number of para-hydroxylation sites is 1. The maximum absolute atomic E-state index is 11.7. The zero-order valence-electron chi connectivity index (χ0n) is 11.3. The molecule has 0 spiro atoms. The molecule has 5 heteroatoms. The average Bonchev–Trinajstić information content (AvgIpc) is 2.49. The lowest BCUT2D eigenvalue weighted by molar-refractivity contribution is -0.121. The minimum absolute atomic E-state index is 0.0523. The Bertz CT molecular complexity index is 649. The maximum atomic E-state index is 11.7. The molecule has 1 aromatic carbocycles. The third-order valence-corrected chi connectivity index (χ3v) is 3.35. The highest BCUT2D eigenvalue weighted by molar-refractivity contribution is 5.78. The van der Waals surface area contributed by atoms with E-state index in [1.165, 1.54) is 0 Å². The minimum atomic E-state index is -0.126. The van der Waals surface area contributed by atoms with Crippen LogP contribution in [0.15, 0.2) is 41.3 Å². The minimum Gasteiger partial charge on any atom is -0.347 e. The van der Waals surface area contributed by atoms with Crippen LogP contribution in [0.4, 0.5) is 0 Å². The second kappa shape index (κ2) is 6.86. The van der Waals surface area contributed by atoms with Gasteiger partial charge in [-0.15, -0.1) is 0 Å². The monoisotopic (exact) mass is 273 g/mol. The van der Waals surface area contributed by atoms with Crippen molar-refractivity contribution in [2.75, 3.05) is 0 Å². The van der Waals surface area contributed by atoms with E-state index in [-0.39, 0.29) is 11.3 Å². The Balaban J connectivity index is 1.95. The topological polar surface area (TPSA) is 77.1 Å². The van der Waals surface area contributed by atoms with Gasteiger partial charge in [-0.1, -0.05) is 18.6 Å². The SMILES string of the molecule is NNC(=O)CCCCCn1ccc(=O)c2ccccc21. The number of carbonyl (C=O) groups is 1. The Morgan fingerprint density at radius 2 is 1.95 bits per heavy atom. The molecule has 0 radical (unpaired) electrons. The molecule has 0 aliphatic carbocycles. The first-order valence-corrected chi connectivity index (χ1v) is 6.80. The number of nitrogens with two attached hydrogens (primary N) is 1. The summed E-state index contributed by atoms with van der Waals surface area (Å²) in [6.07, 6.45) is 5.03. The van der Waals surface area contributed by atoms with Crippen LogP contribution in [-0.2, 0) is 11.3 Å². The predicted molar refractivity (Wildman–Crippen MR) is 79.0 cm³/mol. The Labute approximate surface area is 117 Å². The van der Waals surface area contributed by atoms with E-state index < -0.39 is 0 Å². The molecule has 0 aliphatic rings. The quantitative estimate of drug-likeness (QED) is 0.363. The van der Waals surface area contributed by atoms with Crippen LogP contribution in [0.1, 0.15) is 25.7 Å².